The van der Waals surface area contributed by atoms with Gasteiger partial charge >= 0.3 is 5.97 Å². The van der Waals surface area contributed by atoms with E-state index < -0.39 is 23.2 Å². The molecule has 0 aliphatic heterocycles. The first-order valence-corrected chi connectivity index (χ1v) is 13.1. The monoisotopic (exact) mass is 506 g/mol. The van der Waals surface area contributed by atoms with Crippen LogP contribution in [0.4, 0.5) is 0 Å². The number of rotatable bonds is 13. The van der Waals surface area contributed by atoms with Crippen molar-refractivity contribution in [2.75, 3.05) is 6.54 Å². The van der Waals surface area contributed by atoms with Gasteiger partial charge in [0.1, 0.15) is 5.25 Å². The Morgan fingerprint density at radius 2 is 1.79 bits per heavy atom. The summed E-state index contributed by atoms with van der Waals surface area (Å²) in [5.41, 5.74) is 2.52. The van der Waals surface area contributed by atoms with Gasteiger partial charge in [-0.05, 0) is 43.2 Å². The van der Waals surface area contributed by atoms with Crippen LogP contribution >= 0.6 is 23.1 Å². The molecule has 0 aliphatic carbocycles. The molecule has 7 nitrogen and oxygen atoms in total. The number of amides is 2. The lowest BCUT2D eigenvalue weighted by atomic mass is 9.99. The molecular weight excluding hydrogens is 472 g/mol. The van der Waals surface area contributed by atoms with E-state index in [0.29, 0.717) is 12.3 Å². The maximum Gasteiger partial charge on any atom is 0.308 e. The van der Waals surface area contributed by atoms with Crippen molar-refractivity contribution in [2.45, 2.75) is 68.6 Å². The average Bonchev–Trinajstić information content (AvgIpc) is 3.31. The van der Waals surface area contributed by atoms with Gasteiger partial charge in [0, 0.05) is 13.0 Å². The summed E-state index contributed by atoms with van der Waals surface area (Å²) >= 11 is 2.75. The van der Waals surface area contributed by atoms with E-state index in [-0.39, 0.29) is 31.4 Å². The second kappa shape index (κ2) is 14.1. The van der Waals surface area contributed by atoms with E-state index in [9.17, 15) is 19.6 Å². The topological polar surface area (TPSA) is 95.9 Å². The highest BCUT2D eigenvalue weighted by molar-refractivity contribution is 8.02. The highest BCUT2D eigenvalue weighted by Gasteiger charge is 2.33. The van der Waals surface area contributed by atoms with Gasteiger partial charge in [0.15, 0.2) is 0 Å². The summed E-state index contributed by atoms with van der Waals surface area (Å²) in [4.78, 5) is 40.3. The summed E-state index contributed by atoms with van der Waals surface area (Å²) in [6, 6.07) is 12.5. The van der Waals surface area contributed by atoms with Gasteiger partial charge in [0.25, 0.3) is 5.91 Å². The van der Waals surface area contributed by atoms with E-state index >= 15 is 0 Å². The maximum atomic E-state index is 13.5. The third-order valence-corrected chi connectivity index (χ3v) is 7.32. The fraction of sp³-hybridized carbons (Fsp3) is 0.480. The van der Waals surface area contributed by atoms with Gasteiger partial charge < -0.3 is 9.64 Å². The molecule has 1 aromatic carbocycles. The molecule has 0 fully saturated rings. The van der Waals surface area contributed by atoms with Crippen LogP contribution in [0.25, 0.3) is 0 Å². The Kier molecular flexibility index (Phi) is 11.6. The molecule has 0 saturated heterocycles. The summed E-state index contributed by atoms with van der Waals surface area (Å²) < 4.78 is 6.28. The van der Waals surface area contributed by atoms with Gasteiger partial charge in [0.05, 0.1) is 22.8 Å². The molecular formula is C25H34N2O5S2. The maximum absolute atomic E-state index is 13.5. The lowest BCUT2D eigenvalue weighted by Crippen LogP contribution is -2.45. The molecule has 2 N–H and O–H groups in total. The van der Waals surface area contributed by atoms with Crippen LogP contribution in [0.2, 0.25) is 0 Å². The van der Waals surface area contributed by atoms with E-state index in [1.165, 1.54) is 23.1 Å². The highest BCUT2D eigenvalue weighted by Crippen LogP contribution is 2.32. The number of nitrogens with one attached hydrogen (secondary N) is 1. The summed E-state index contributed by atoms with van der Waals surface area (Å²) in [7, 11) is 0. The predicted molar refractivity (Wildman–Crippen MR) is 135 cm³/mol. The van der Waals surface area contributed by atoms with Crippen molar-refractivity contribution in [3.05, 3.63) is 53.4 Å². The third-order valence-electron chi connectivity index (χ3n) is 5.06. The van der Waals surface area contributed by atoms with Crippen molar-refractivity contribution >= 4 is 40.9 Å². The molecule has 0 saturated carbocycles. The molecule has 2 atom stereocenters. The quantitative estimate of drug-likeness (QED) is 0.171. The number of thioether (sulfide) groups is 1. The standard InChI is InChI=1S/C25H34N2O5S2/c1-17(2)12-13-22(28)27(16-21(25(30)26-31)34-24-11-8-14-33-24)20(15-23(29)32-18(3)4)19-9-6-5-7-10-19/h5-11,14,17-18,20-21,31H,12-13,15-16H2,1-4H3,(H,26,30). The van der Waals surface area contributed by atoms with Crippen molar-refractivity contribution < 1.29 is 24.3 Å². The second-order valence-corrected chi connectivity index (χ2v) is 11.1. The third kappa shape index (κ3) is 9.12. The van der Waals surface area contributed by atoms with Crippen molar-refractivity contribution in [1.29, 1.82) is 0 Å². The number of esters is 1. The molecule has 34 heavy (non-hydrogen) atoms. The zero-order valence-corrected chi connectivity index (χ0v) is 21.7. The molecule has 2 aromatic rings. The first-order valence-electron chi connectivity index (χ1n) is 11.4. The van der Waals surface area contributed by atoms with Gasteiger partial charge in [0.2, 0.25) is 5.91 Å². The van der Waals surface area contributed by atoms with Crippen molar-refractivity contribution in [1.82, 2.24) is 10.4 Å². The lowest BCUT2D eigenvalue weighted by molar-refractivity contribution is -0.150. The van der Waals surface area contributed by atoms with Crippen molar-refractivity contribution in [2.24, 2.45) is 5.92 Å². The van der Waals surface area contributed by atoms with Crippen LogP contribution < -0.4 is 5.48 Å². The van der Waals surface area contributed by atoms with Gasteiger partial charge in [-0.25, -0.2) is 5.48 Å². The second-order valence-electron chi connectivity index (χ2n) is 8.66. The SMILES string of the molecule is CC(C)CCC(=O)N(CC(Sc1cccs1)C(=O)NO)C(CC(=O)OC(C)C)c1ccccc1. The number of carbonyl (C=O) groups excluding carboxylic acids is 3. The minimum atomic E-state index is -0.765. The Morgan fingerprint density at radius 1 is 1.09 bits per heavy atom. The van der Waals surface area contributed by atoms with E-state index in [1.807, 2.05) is 61.7 Å². The van der Waals surface area contributed by atoms with Crippen LogP contribution in [-0.4, -0.2) is 45.8 Å². The van der Waals surface area contributed by atoms with E-state index in [1.54, 1.807) is 24.2 Å². The smallest absolute Gasteiger partial charge is 0.308 e. The Morgan fingerprint density at radius 3 is 2.35 bits per heavy atom. The molecule has 2 unspecified atom stereocenters. The Balaban J connectivity index is 2.42. The number of thiophene rings is 1. The molecule has 186 valence electrons. The number of hydrogen-bond acceptors (Lipinski definition) is 7. The zero-order valence-electron chi connectivity index (χ0n) is 20.1. The molecule has 0 spiro atoms. The van der Waals surface area contributed by atoms with Gasteiger partial charge in [-0.3, -0.25) is 19.6 Å². The van der Waals surface area contributed by atoms with E-state index in [4.69, 9.17) is 4.74 Å². The fourth-order valence-electron chi connectivity index (χ4n) is 3.41. The number of nitrogens with zero attached hydrogens (tertiary/aromatic N) is 1. The highest BCUT2D eigenvalue weighted by atomic mass is 32.2. The Hall–Kier alpha value is -2.36. The summed E-state index contributed by atoms with van der Waals surface area (Å²) in [5.74, 6) is -0.845. The predicted octanol–water partition coefficient (Wildman–Crippen LogP) is 5.06. The van der Waals surface area contributed by atoms with Crippen LogP contribution in [0.15, 0.2) is 52.1 Å². The first-order chi connectivity index (χ1) is 16.2. The first kappa shape index (κ1) is 27.9. The molecule has 2 rings (SSSR count). The van der Waals surface area contributed by atoms with Crippen LogP contribution in [0.1, 0.15) is 58.6 Å². The average molecular weight is 507 g/mol. The summed E-state index contributed by atoms with van der Waals surface area (Å²) in [5, 5.41) is 10.5. The van der Waals surface area contributed by atoms with Crippen LogP contribution in [0.5, 0.6) is 0 Å². The number of carbonyl (C=O) groups is 3. The number of benzene rings is 1. The van der Waals surface area contributed by atoms with Gasteiger partial charge in [-0.15, -0.1) is 23.1 Å². The normalized spacial score (nSPS) is 12.9. The minimum Gasteiger partial charge on any atom is -0.463 e. The molecule has 0 radical (unpaired) electrons. The van der Waals surface area contributed by atoms with E-state index in [2.05, 4.69) is 0 Å². The molecule has 1 heterocycles. The number of hydroxylamine groups is 1. The zero-order chi connectivity index (χ0) is 25.1. The summed E-state index contributed by atoms with van der Waals surface area (Å²) in [6.07, 6.45) is 0.656. The van der Waals surface area contributed by atoms with Gasteiger partial charge in [-0.2, -0.15) is 0 Å². The summed E-state index contributed by atoms with van der Waals surface area (Å²) in [6.45, 7) is 7.67. The lowest BCUT2D eigenvalue weighted by Gasteiger charge is -2.34. The Bertz CT molecular complexity index is 903. The Labute approximate surface area is 209 Å². The number of ether oxygens (including phenoxy) is 1. The number of hydrogen-bond donors (Lipinski definition) is 2. The minimum absolute atomic E-state index is 0.0282. The molecule has 0 bridgehead atoms. The van der Waals surface area contributed by atoms with Crippen molar-refractivity contribution in [3.63, 3.8) is 0 Å². The van der Waals surface area contributed by atoms with E-state index in [0.717, 1.165) is 9.77 Å². The largest absolute Gasteiger partial charge is 0.463 e. The van der Waals surface area contributed by atoms with Crippen molar-refractivity contribution in [3.8, 4) is 0 Å². The van der Waals surface area contributed by atoms with Crippen LogP contribution in [0, 0.1) is 5.92 Å². The molecule has 9 heteroatoms. The van der Waals surface area contributed by atoms with Crippen LogP contribution in [0.3, 0.4) is 0 Å². The fourth-order valence-corrected chi connectivity index (χ4v) is 5.42. The van der Waals surface area contributed by atoms with Gasteiger partial charge in [-0.1, -0.05) is 50.2 Å². The van der Waals surface area contributed by atoms with Crippen LogP contribution in [-0.2, 0) is 19.1 Å². The molecule has 1 aromatic heterocycles. The molecule has 2 amide bonds. The molecule has 0 aliphatic rings.